The van der Waals surface area contributed by atoms with Gasteiger partial charge in [0, 0.05) is 25.2 Å². The second-order valence-electron chi connectivity index (χ2n) is 5.99. The number of nitrogens with zero attached hydrogens (tertiary/aromatic N) is 4. The molecule has 0 aliphatic rings. The van der Waals surface area contributed by atoms with Gasteiger partial charge in [0.25, 0.3) is 0 Å². The van der Waals surface area contributed by atoms with Crippen molar-refractivity contribution in [2.24, 2.45) is 0 Å². The van der Waals surface area contributed by atoms with Crippen LogP contribution in [0.3, 0.4) is 0 Å². The van der Waals surface area contributed by atoms with Crippen LogP contribution < -0.4 is 5.32 Å². The normalized spacial score (nSPS) is 11.7. The number of carbonyl (C=O) groups is 3. The van der Waals surface area contributed by atoms with Gasteiger partial charge in [-0.1, -0.05) is 28.4 Å². The van der Waals surface area contributed by atoms with E-state index in [1.807, 2.05) is 0 Å². The number of benzene rings is 1. The first-order valence-electron chi connectivity index (χ1n) is 8.51. The van der Waals surface area contributed by atoms with Gasteiger partial charge in [-0.3, -0.25) is 9.59 Å². The molecule has 1 heterocycles. The van der Waals surface area contributed by atoms with Crippen LogP contribution in [-0.2, 0) is 19.1 Å². The quantitative estimate of drug-likeness (QED) is 0.500. The van der Waals surface area contributed by atoms with Crippen molar-refractivity contribution >= 4 is 58.3 Å². The first-order valence-corrected chi connectivity index (χ1v) is 9.80. The summed E-state index contributed by atoms with van der Waals surface area (Å²) in [5.74, 6) is -3.13. The fourth-order valence-electron chi connectivity index (χ4n) is 2.60. The summed E-state index contributed by atoms with van der Waals surface area (Å²) in [6, 6.07) is 3.35. The van der Waals surface area contributed by atoms with E-state index in [-0.39, 0.29) is 23.9 Å². The first kappa shape index (κ1) is 23.9. The lowest BCUT2D eigenvalue weighted by Crippen LogP contribution is -2.49. The van der Waals surface area contributed by atoms with Gasteiger partial charge in [-0.15, -0.1) is 16.7 Å². The standard InChI is InChI=1S/C17H18Cl3N5O5/c1-30-5-4-13(17(28)29)24(16(27)7-18)9-15(26)21-11-6-10(19)2-3-12(11)25-8-14(20)22-23-25/h2-3,6,8,13H,4-5,7,9H2,1H3,(H,21,26)(H,28,29)/t13-/m0/s1. The Bertz CT molecular complexity index is 923. The van der Waals surface area contributed by atoms with Crippen molar-refractivity contribution < 1.29 is 24.2 Å². The summed E-state index contributed by atoms with van der Waals surface area (Å²) in [5, 5.41) is 20.1. The largest absolute Gasteiger partial charge is 0.480 e. The molecular formula is C17H18Cl3N5O5. The van der Waals surface area contributed by atoms with Crippen LogP contribution in [0.5, 0.6) is 0 Å². The van der Waals surface area contributed by atoms with Crippen molar-refractivity contribution in [1.29, 1.82) is 0 Å². The Balaban J connectivity index is 2.26. The van der Waals surface area contributed by atoms with E-state index in [4.69, 9.17) is 39.5 Å². The molecule has 1 aromatic carbocycles. The highest BCUT2D eigenvalue weighted by atomic mass is 35.5. The van der Waals surface area contributed by atoms with Gasteiger partial charge in [-0.25, -0.2) is 9.48 Å². The highest BCUT2D eigenvalue weighted by Crippen LogP contribution is 2.25. The number of anilines is 1. The SMILES string of the molecule is COCC[C@@H](C(=O)O)N(CC(=O)Nc1cc(Cl)ccc1-n1cc(Cl)nn1)C(=O)CCl. The zero-order valence-electron chi connectivity index (χ0n) is 15.7. The van der Waals surface area contributed by atoms with Crippen molar-refractivity contribution in [3.8, 4) is 5.69 Å². The summed E-state index contributed by atoms with van der Waals surface area (Å²) >= 11 is 17.4. The second kappa shape index (κ2) is 11.1. The van der Waals surface area contributed by atoms with Gasteiger partial charge in [0.2, 0.25) is 11.8 Å². The summed E-state index contributed by atoms with van der Waals surface area (Å²) in [4.78, 5) is 37.4. The number of carboxylic acids is 1. The smallest absolute Gasteiger partial charge is 0.326 e. The van der Waals surface area contributed by atoms with Gasteiger partial charge in [0.15, 0.2) is 5.15 Å². The number of alkyl halides is 1. The Labute approximate surface area is 186 Å². The van der Waals surface area contributed by atoms with Crippen LogP contribution in [0.1, 0.15) is 6.42 Å². The number of amides is 2. The van der Waals surface area contributed by atoms with Crippen LogP contribution in [0, 0.1) is 0 Å². The maximum atomic E-state index is 12.7. The number of hydrogen-bond acceptors (Lipinski definition) is 6. The summed E-state index contributed by atoms with van der Waals surface area (Å²) in [6.45, 7) is -0.466. The minimum atomic E-state index is -1.28. The number of aliphatic carboxylic acids is 1. The average Bonchev–Trinajstić information content (AvgIpc) is 3.12. The highest BCUT2D eigenvalue weighted by molar-refractivity contribution is 6.31. The maximum absolute atomic E-state index is 12.7. The number of methoxy groups -OCH3 is 1. The number of carboxylic acid groups (broad SMARTS) is 1. The molecule has 2 rings (SSSR count). The third-order valence-electron chi connectivity index (χ3n) is 3.95. The molecule has 1 atom stereocenters. The van der Waals surface area contributed by atoms with E-state index < -0.39 is 36.3 Å². The fraction of sp³-hybridized carbons (Fsp3) is 0.353. The molecule has 0 spiro atoms. The van der Waals surface area contributed by atoms with E-state index in [9.17, 15) is 19.5 Å². The summed E-state index contributed by atoms with van der Waals surface area (Å²) in [5.41, 5.74) is 0.674. The Morgan fingerprint density at radius 3 is 2.63 bits per heavy atom. The predicted molar refractivity (Wildman–Crippen MR) is 110 cm³/mol. The second-order valence-corrected chi connectivity index (χ2v) is 7.08. The van der Waals surface area contributed by atoms with Gasteiger partial charge in [-0.2, -0.15) is 0 Å². The summed E-state index contributed by atoms with van der Waals surface area (Å²) < 4.78 is 6.22. The molecule has 13 heteroatoms. The third kappa shape index (κ3) is 6.30. The topological polar surface area (TPSA) is 127 Å². The van der Waals surface area contributed by atoms with Crippen molar-refractivity contribution in [3.63, 3.8) is 0 Å². The summed E-state index contributed by atoms with van der Waals surface area (Å²) in [7, 11) is 1.40. The van der Waals surface area contributed by atoms with Crippen molar-refractivity contribution in [3.05, 3.63) is 34.6 Å². The van der Waals surface area contributed by atoms with Crippen LogP contribution in [0.15, 0.2) is 24.4 Å². The van der Waals surface area contributed by atoms with E-state index in [0.717, 1.165) is 4.90 Å². The lowest BCUT2D eigenvalue weighted by molar-refractivity contribution is -0.151. The molecule has 2 amide bonds. The molecule has 2 aromatic rings. The molecule has 2 N–H and O–H groups in total. The molecule has 0 aliphatic carbocycles. The zero-order chi connectivity index (χ0) is 22.3. The number of hydrogen-bond donors (Lipinski definition) is 2. The van der Waals surface area contributed by atoms with Gasteiger partial charge in [0.1, 0.15) is 18.5 Å². The molecule has 1 aromatic heterocycles. The molecule has 0 aliphatic heterocycles. The number of ether oxygens (including phenoxy) is 1. The van der Waals surface area contributed by atoms with Gasteiger partial charge in [0.05, 0.1) is 17.6 Å². The molecule has 10 nitrogen and oxygen atoms in total. The monoisotopic (exact) mass is 477 g/mol. The van der Waals surface area contributed by atoms with Gasteiger partial charge < -0.3 is 20.1 Å². The van der Waals surface area contributed by atoms with Crippen molar-refractivity contribution in [2.75, 3.05) is 31.5 Å². The van der Waals surface area contributed by atoms with Crippen LogP contribution in [-0.4, -0.2) is 75.0 Å². The van der Waals surface area contributed by atoms with E-state index in [1.54, 1.807) is 12.1 Å². The molecule has 0 unspecified atom stereocenters. The molecule has 162 valence electrons. The van der Waals surface area contributed by atoms with Crippen LogP contribution in [0.4, 0.5) is 5.69 Å². The Hall–Kier alpha value is -2.40. The van der Waals surface area contributed by atoms with Crippen LogP contribution in [0.2, 0.25) is 10.2 Å². The lowest BCUT2D eigenvalue weighted by atomic mass is 10.1. The molecule has 0 saturated heterocycles. The molecule has 0 fully saturated rings. The van der Waals surface area contributed by atoms with Crippen LogP contribution in [0.25, 0.3) is 5.69 Å². The minimum absolute atomic E-state index is 0.0123. The number of aromatic nitrogens is 3. The molecule has 0 radical (unpaired) electrons. The fourth-order valence-corrected chi connectivity index (χ4v) is 3.06. The third-order valence-corrected chi connectivity index (χ3v) is 4.59. The number of rotatable bonds is 10. The Morgan fingerprint density at radius 2 is 2.07 bits per heavy atom. The van der Waals surface area contributed by atoms with E-state index in [1.165, 1.54) is 24.1 Å². The molecular weight excluding hydrogens is 461 g/mol. The predicted octanol–water partition coefficient (Wildman–Crippen LogP) is 2.07. The number of nitrogens with one attached hydrogen (secondary N) is 1. The van der Waals surface area contributed by atoms with E-state index >= 15 is 0 Å². The highest BCUT2D eigenvalue weighted by Gasteiger charge is 2.30. The Morgan fingerprint density at radius 1 is 1.33 bits per heavy atom. The van der Waals surface area contributed by atoms with E-state index in [0.29, 0.717) is 10.7 Å². The lowest BCUT2D eigenvalue weighted by Gasteiger charge is -2.28. The molecule has 30 heavy (non-hydrogen) atoms. The maximum Gasteiger partial charge on any atom is 0.326 e. The number of carbonyl (C=O) groups excluding carboxylic acids is 2. The average molecular weight is 479 g/mol. The number of halogens is 3. The molecule has 0 saturated carbocycles. The summed E-state index contributed by atoms with van der Waals surface area (Å²) in [6.07, 6.45) is 1.41. The molecule has 0 bridgehead atoms. The van der Waals surface area contributed by atoms with E-state index in [2.05, 4.69) is 15.6 Å². The van der Waals surface area contributed by atoms with Crippen molar-refractivity contribution in [1.82, 2.24) is 19.9 Å². The first-order chi connectivity index (χ1) is 14.3. The van der Waals surface area contributed by atoms with Crippen molar-refractivity contribution in [2.45, 2.75) is 12.5 Å². The minimum Gasteiger partial charge on any atom is -0.480 e. The van der Waals surface area contributed by atoms with Gasteiger partial charge in [-0.05, 0) is 18.2 Å². The van der Waals surface area contributed by atoms with Gasteiger partial charge >= 0.3 is 5.97 Å². The zero-order valence-corrected chi connectivity index (χ0v) is 18.0. The van der Waals surface area contributed by atoms with Crippen LogP contribution >= 0.6 is 34.8 Å². The Kier molecular flexibility index (Phi) is 8.85.